The number of hydrogen-bond donors (Lipinski definition) is 2. The van der Waals surface area contributed by atoms with Crippen molar-refractivity contribution in [2.24, 2.45) is 4.99 Å². The molecule has 0 heterocycles. The van der Waals surface area contributed by atoms with Crippen LogP contribution in [0.5, 0.6) is 0 Å². The maximum Gasteiger partial charge on any atom is 0.191 e. The van der Waals surface area contributed by atoms with E-state index in [-0.39, 0.29) is 24.0 Å². The van der Waals surface area contributed by atoms with Crippen LogP contribution in [0.15, 0.2) is 35.3 Å². The van der Waals surface area contributed by atoms with Gasteiger partial charge in [-0.2, -0.15) is 0 Å². The lowest BCUT2D eigenvalue weighted by Crippen LogP contribution is -2.42. The zero-order chi connectivity index (χ0) is 15.1. The number of guanidine groups is 1. The Bertz CT molecular complexity index is 504. The molecule has 0 saturated carbocycles. The van der Waals surface area contributed by atoms with Crippen LogP contribution in [0.2, 0.25) is 0 Å². The SMILES string of the molecule is CCNC(=NCCc1cc(F)cc(F)c1)NC1CC=CC1.I. The molecule has 0 bridgehead atoms. The van der Waals surface area contributed by atoms with Crippen LogP contribution in [0.1, 0.15) is 25.3 Å². The van der Waals surface area contributed by atoms with E-state index in [0.29, 0.717) is 24.6 Å². The fourth-order valence-corrected chi connectivity index (χ4v) is 2.30. The van der Waals surface area contributed by atoms with Crippen LogP contribution in [0.3, 0.4) is 0 Å². The Morgan fingerprint density at radius 2 is 1.82 bits per heavy atom. The molecule has 3 nitrogen and oxygen atoms in total. The van der Waals surface area contributed by atoms with Crippen molar-refractivity contribution in [3.8, 4) is 0 Å². The van der Waals surface area contributed by atoms with Crippen molar-refractivity contribution in [3.63, 3.8) is 0 Å². The van der Waals surface area contributed by atoms with E-state index >= 15 is 0 Å². The van der Waals surface area contributed by atoms with E-state index in [1.165, 1.54) is 12.1 Å². The third kappa shape index (κ3) is 6.29. The van der Waals surface area contributed by atoms with E-state index in [4.69, 9.17) is 0 Å². The first-order valence-corrected chi connectivity index (χ1v) is 7.32. The van der Waals surface area contributed by atoms with Gasteiger partial charge in [-0.15, -0.1) is 24.0 Å². The van der Waals surface area contributed by atoms with E-state index in [2.05, 4.69) is 27.8 Å². The minimum absolute atomic E-state index is 0. The molecule has 0 spiro atoms. The molecule has 1 aliphatic carbocycles. The van der Waals surface area contributed by atoms with Crippen molar-refractivity contribution in [2.75, 3.05) is 13.1 Å². The van der Waals surface area contributed by atoms with Crippen LogP contribution in [-0.2, 0) is 6.42 Å². The van der Waals surface area contributed by atoms with Gasteiger partial charge >= 0.3 is 0 Å². The molecule has 122 valence electrons. The molecular weight excluding hydrogens is 399 g/mol. The Morgan fingerprint density at radius 3 is 2.41 bits per heavy atom. The van der Waals surface area contributed by atoms with Crippen molar-refractivity contribution in [1.29, 1.82) is 0 Å². The highest BCUT2D eigenvalue weighted by Crippen LogP contribution is 2.10. The Hall–Kier alpha value is -1.18. The predicted octanol–water partition coefficient (Wildman–Crippen LogP) is 3.40. The van der Waals surface area contributed by atoms with Gasteiger partial charge in [-0.3, -0.25) is 4.99 Å². The quantitative estimate of drug-likeness (QED) is 0.331. The maximum absolute atomic E-state index is 13.1. The van der Waals surface area contributed by atoms with Gasteiger partial charge in [-0.05, 0) is 43.9 Å². The summed E-state index contributed by atoms with van der Waals surface area (Å²) in [6.07, 6.45) is 6.81. The monoisotopic (exact) mass is 421 g/mol. The number of hydrogen-bond acceptors (Lipinski definition) is 1. The third-order valence-electron chi connectivity index (χ3n) is 3.29. The molecule has 0 fully saturated rings. The Balaban J connectivity index is 0.00000242. The summed E-state index contributed by atoms with van der Waals surface area (Å²) >= 11 is 0. The van der Waals surface area contributed by atoms with E-state index in [1.807, 2.05) is 6.92 Å². The first kappa shape index (κ1) is 18.9. The van der Waals surface area contributed by atoms with Gasteiger partial charge in [0, 0.05) is 25.2 Å². The predicted molar refractivity (Wildman–Crippen MR) is 96.8 cm³/mol. The van der Waals surface area contributed by atoms with Crippen LogP contribution in [0.4, 0.5) is 8.78 Å². The molecule has 2 rings (SSSR count). The Labute approximate surface area is 147 Å². The second-order valence-electron chi connectivity index (χ2n) is 5.07. The fourth-order valence-electron chi connectivity index (χ4n) is 2.30. The third-order valence-corrected chi connectivity index (χ3v) is 3.29. The summed E-state index contributed by atoms with van der Waals surface area (Å²) in [6.45, 7) is 3.27. The normalized spacial score (nSPS) is 14.8. The molecule has 1 aliphatic rings. The van der Waals surface area contributed by atoms with Crippen molar-refractivity contribution in [1.82, 2.24) is 10.6 Å². The number of nitrogens with zero attached hydrogens (tertiary/aromatic N) is 1. The first-order valence-electron chi connectivity index (χ1n) is 7.32. The molecule has 22 heavy (non-hydrogen) atoms. The standard InChI is InChI=1S/C16H21F2N3.HI/c1-2-19-16(21-15-5-3-4-6-15)20-8-7-12-9-13(17)11-14(18)10-12;/h3-4,9-11,15H,2,5-8H2,1H3,(H2,19,20,21);1H. The summed E-state index contributed by atoms with van der Waals surface area (Å²) < 4.78 is 26.2. The topological polar surface area (TPSA) is 36.4 Å². The number of benzene rings is 1. The lowest BCUT2D eigenvalue weighted by Gasteiger charge is -2.16. The zero-order valence-corrected chi connectivity index (χ0v) is 14.9. The summed E-state index contributed by atoms with van der Waals surface area (Å²) in [5.74, 6) is -0.338. The highest BCUT2D eigenvalue weighted by atomic mass is 127. The highest BCUT2D eigenvalue weighted by molar-refractivity contribution is 14.0. The van der Waals surface area contributed by atoms with Crippen LogP contribution in [0.25, 0.3) is 0 Å². The molecule has 1 aromatic carbocycles. The van der Waals surface area contributed by atoms with Gasteiger partial charge in [0.15, 0.2) is 5.96 Å². The van der Waals surface area contributed by atoms with Crippen LogP contribution in [-0.4, -0.2) is 25.1 Å². The molecule has 0 aliphatic heterocycles. The molecule has 0 saturated heterocycles. The average Bonchev–Trinajstić information content (AvgIpc) is 2.90. The number of aliphatic imine (C=N–C) groups is 1. The molecule has 6 heteroatoms. The highest BCUT2D eigenvalue weighted by Gasteiger charge is 2.11. The second kappa shape index (κ2) is 9.76. The molecule has 0 amide bonds. The molecule has 2 N–H and O–H groups in total. The molecular formula is C16H22F2IN3. The van der Waals surface area contributed by atoms with Gasteiger partial charge in [0.25, 0.3) is 0 Å². The Morgan fingerprint density at radius 1 is 1.18 bits per heavy atom. The van der Waals surface area contributed by atoms with E-state index < -0.39 is 11.6 Å². The summed E-state index contributed by atoms with van der Waals surface area (Å²) in [5.41, 5.74) is 0.620. The minimum Gasteiger partial charge on any atom is -0.357 e. The van der Waals surface area contributed by atoms with Crippen molar-refractivity contribution in [3.05, 3.63) is 47.5 Å². The molecule has 0 atom stereocenters. The summed E-state index contributed by atoms with van der Waals surface area (Å²) in [5, 5.41) is 6.54. The van der Waals surface area contributed by atoms with Gasteiger partial charge in [0.1, 0.15) is 11.6 Å². The lowest BCUT2D eigenvalue weighted by molar-refractivity contribution is 0.579. The molecule has 1 aromatic rings. The molecule has 0 radical (unpaired) electrons. The fraction of sp³-hybridized carbons (Fsp3) is 0.438. The summed E-state index contributed by atoms with van der Waals surface area (Å²) in [7, 11) is 0. The van der Waals surface area contributed by atoms with E-state index in [1.54, 1.807) is 0 Å². The minimum atomic E-state index is -0.545. The molecule has 0 unspecified atom stereocenters. The largest absolute Gasteiger partial charge is 0.357 e. The van der Waals surface area contributed by atoms with Gasteiger partial charge in [-0.25, -0.2) is 8.78 Å². The summed E-state index contributed by atoms with van der Waals surface area (Å²) in [4.78, 5) is 4.45. The average molecular weight is 421 g/mol. The van der Waals surface area contributed by atoms with E-state index in [9.17, 15) is 8.78 Å². The van der Waals surface area contributed by atoms with Crippen LogP contribution in [0, 0.1) is 11.6 Å². The van der Waals surface area contributed by atoms with Gasteiger partial charge in [0.05, 0.1) is 0 Å². The van der Waals surface area contributed by atoms with E-state index in [0.717, 1.165) is 31.4 Å². The number of halogens is 3. The van der Waals surface area contributed by atoms with Crippen molar-refractivity contribution >= 4 is 29.9 Å². The van der Waals surface area contributed by atoms with Crippen LogP contribution >= 0.6 is 24.0 Å². The van der Waals surface area contributed by atoms with Gasteiger partial charge < -0.3 is 10.6 Å². The molecule has 0 aromatic heterocycles. The zero-order valence-electron chi connectivity index (χ0n) is 12.6. The number of nitrogens with one attached hydrogen (secondary N) is 2. The van der Waals surface area contributed by atoms with Crippen molar-refractivity contribution in [2.45, 2.75) is 32.2 Å². The summed E-state index contributed by atoms with van der Waals surface area (Å²) in [6, 6.07) is 3.96. The number of rotatable bonds is 5. The van der Waals surface area contributed by atoms with Gasteiger partial charge in [0.2, 0.25) is 0 Å². The van der Waals surface area contributed by atoms with Gasteiger partial charge in [-0.1, -0.05) is 12.2 Å². The van der Waals surface area contributed by atoms with Crippen LogP contribution < -0.4 is 10.6 Å². The smallest absolute Gasteiger partial charge is 0.191 e. The van der Waals surface area contributed by atoms with Crippen molar-refractivity contribution < 1.29 is 8.78 Å². The lowest BCUT2D eigenvalue weighted by atomic mass is 10.1. The maximum atomic E-state index is 13.1. The second-order valence-corrected chi connectivity index (χ2v) is 5.07. The Kier molecular flexibility index (Phi) is 8.37. The first-order chi connectivity index (χ1) is 10.2.